The van der Waals surface area contributed by atoms with Crippen molar-refractivity contribution >= 4 is 68.0 Å². The van der Waals surface area contributed by atoms with Crippen LogP contribution in [-0.4, -0.2) is 23.1 Å². The van der Waals surface area contributed by atoms with Gasteiger partial charge in [-0.05, 0) is 30.5 Å². The predicted molar refractivity (Wildman–Crippen MR) is 105 cm³/mol. The molecule has 0 aliphatic rings. The fourth-order valence-electron chi connectivity index (χ4n) is 2.39. The lowest BCUT2D eigenvalue weighted by Gasteiger charge is -2.06. The number of nitrogens with zero attached hydrogens (tertiary/aromatic N) is 2. The molecule has 0 atom stereocenters. The van der Waals surface area contributed by atoms with Crippen LogP contribution in [0.5, 0.6) is 0 Å². The molecule has 2 heterocycles. The Morgan fingerprint density at radius 1 is 1.23 bits per heavy atom. The van der Waals surface area contributed by atoms with Gasteiger partial charge in [0.2, 0.25) is 0 Å². The van der Waals surface area contributed by atoms with Gasteiger partial charge in [0.25, 0.3) is 5.91 Å². The van der Waals surface area contributed by atoms with Crippen LogP contribution < -0.4 is 4.80 Å². The van der Waals surface area contributed by atoms with E-state index in [1.807, 2.05) is 17.5 Å². The summed E-state index contributed by atoms with van der Waals surface area (Å²) in [5.41, 5.74) is 0.569. The molecule has 0 aliphatic carbocycles. The number of aromatic nitrogens is 1. The number of rotatable bonds is 5. The third kappa shape index (κ3) is 4.17. The number of thiazole rings is 1. The summed E-state index contributed by atoms with van der Waals surface area (Å²) in [6.45, 7) is 1.90. The Hall–Kier alpha value is -1.67. The molecule has 0 N–H and O–H groups in total. The first-order chi connectivity index (χ1) is 12.5. The van der Waals surface area contributed by atoms with E-state index < -0.39 is 5.97 Å². The smallest absolute Gasteiger partial charge is 0.326 e. The number of thiophene rings is 1. The second-order valence-corrected chi connectivity index (χ2v) is 8.07. The van der Waals surface area contributed by atoms with E-state index in [1.54, 1.807) is 23.6 Å². The summed E-state index contributed by atoms with van der Waals surface area (Å²) in [5.74, 6) is -0.737. The maximum absolute atomic E-state index is 12.3. The summed E-state index contributed by atoms with van der Waals surface area (Å²) in [6, 6.07) is 7.09. The summed E-state index contributed by atoms with van der Waals surface area (Å²) in [4.78, 5) is 29.8. The van der Waals surface area contributed by atoms with Crippen molar-refractivity contribution in [1.82, 2.24) is 4.57 Å². The molecule has 136 valence electrons. The van der Waals surface area contributed by atoms with Crippen LogP contribution in [0.15, 0.2) is 34.6 Å². The molecule has 2 aromatic heterocycles. The Labute approximate surface area is 167 Å². The van der Waals surface area contributed by atoms with E-state index in [9.17, 15) is 9.59 Å². The molecule has 0 aliphatic heterocycles. The SMILES string of the molecule is CCOC(=O)Cn1c(=NC(=O)Cc2cccs2)sc2c(Cl)ccc(Cl)c21. The van der Waals surface area contributed by atoms with Crippen LogP contribution in [0, 0.1) is 0 Å². The molecule has 3 rings (SSSR count). The number of amides is 1. The van der Waals surface area contributed by atoms with Crippen LogP contribution in [0.4, 0.5) is 0 Å². The average Bonchev–Trinajstić information content (AvgIpc) is 3.21. The van der Waals surface area contributed by atoms with Gasteiger partial charge in [-0.1, -0.05) is 40.6 Å². The third-order valence-electron chi connectivity index (χ3n) is 3.45. The van der Waals surface area contributed by atoms with E-state index in [0.29, 0.717) is 25.1 Å². The molecule has 0 spiro atoms. The van der Waals surface area contributed by atoms with E-state index in [2.05, 4.69) is 4.99 Å². The second-order valence-electron chi connectivity index (χ2n) is 5.24. The number of benzene rings is 1. The van der Waals surface area contributed by atoms with E-state index in [4.69, 9.17) is 27.9 Å². The Balaban J connectivity index is 2.09. The van der Waals surface area contributed by atoms with E-state index in [0.717, 1.165) is 4.88 Å². The average molecular weight is 429 g/mol. The number of fused-ring (bicyclic) bond motifs is 1. The quantitative estimate of drug-likeness (QED) is 0.568. The van der Waals surface area contributed by atoms with Crippen molar-refractivity contribution in [3.05, 3.63) is 49.4 Å². The van der Waals surface area contributed by atoms with Gasteiger partial charge in [0, 0.05) is 4.88 Å². The summed E-state index contributed by atoms with van der Waals surface area (Å²) in [7, 11) is 0. The molecule has 0 fully saturated rings. The zero-order valence-corrected chi connectivity index (χ0v) is 16.8. The predicted octanol–water partition coefficient (Wildman–Crippen LogP) is 4.30. The van der Waals surface area contributed by atoms with Crippen LogP contribution >= 0.6 is 45.9 Å². The van der Waals surface area contributed by atoms with E-state index in [-0.39, 0.29) is 25.5 Å². The van der Waals surface area contributed by atoms with Crippen LogP contribution in [0.3, 0.4) is 0 Å². The standard InChI is InChI=1S/C17H14Cl2N2O3S2/c1-2-24-14(23)9-21-15-11(18)5-6-12(19)16(15)26-17(21)20-13(22)8-10-4-3-7-25-10/h3-7H,2,8-9H2,1H3. The third-order valence-corrected chi connectivity index (χ3v) is 6.17. The van der Waals surface area contributed by atoms with Gasteiger partial charge in [0.1, 0.15) is 6.54 Å². The van der Waals surface area contributed by atoms with Gasteiger partial charge in [-0.15, -0.1) is 11.3 Å². The van der Waals surface area contributed by atoms with Crippen molar-refractivity contribution in [2.75, 3.05) is 6.61 Å². The molecule has 0 radical (unpaired) electrons. The Kier molecular flexibility index (Phi) is 6.13. The molecule has 9 heteroatoms. The molecule has 1 aromatic carbocycles. The van der Waals surface area contributed by atoms with Crippen molar-refractivity contribution < 1.29 is 14.3 Å². The molecular formula is C17H14Cl2N2O3S2. The fourth-order valence-corrected chi connectivity index (χ4v) is 4.75. The largest absolute Gasteiger partial charge is 0.465 e. The van der Waals surface area contributed by atoms with Crippen LogP contribution in [0.1, 0.15) is 11.8 Å². The summed E-state index contributed by atoms with van der Waals surface area (Å²) >= 11 is 15.3. The van der Waals surface area contributed by atoms with Gasteiger partial charge in [-0.3, -0.25) is 9.59 Å². The Morgan fingerprint density at radius 2 is 2.00 bits per heavy atom. The molecule has 5 nitrogen and oxygen atoms in total. The van der Waals surface area contributed by atoms with Crippen molar-refractivity contribution in [2.45, 2.75) is 19.9 Å². The Bertz CT molecular complexity index is 1020. The maximum Gasteiger partial charge on any atom is 0.326 e. The molecule has 0 bridgehead atoms. The zero-order chi connectivity index (χ0) is 18.7. The van der Waals surface area contributed by atoms with Gasteiger partial charge in [-0.25, -0.2) is 0 Å². The summed E-state index contributed by atoms with van der Waals surface area (Å²) in [6.07, 6.45) is 0.201. The lowest BCUT2D eigenvalue weighted by atomic mass is 10.3. The van der Waals surface area contributed by atoms with Crippen molar-refractivity contribution in [1.29, 1.82) is 0 Å². The molecule has 1 amide bonds. The number of hydrogen-bond acceptors (Lipinski definition) is 5. The minimum Gasteiger partial charge on any atom is -0.465 e. The highest BCUT2D eigenvalue weighted by atomic mass is 35.5. The number of ether oxygens (including phenoxy) is 1. The second kappa shape index (κ2) is 8.35. The highest BCUT2D eigenvalue weighted by Crippen LogP contribution is 2.31. The minimum absolute atomic E-state index is 0.0982. The molecule has 3 aromatic rings. The molecule has 0 unspecified atom stereocenters. The molecule has 0 saturated carbocycles. The number of carbonyl (C=O) groups is 2. The number of hydrogen-bond donors (Lipinski definition) is 0. The number of esters is 1. The van der Waals surface area contributed by atoms with Crippen molar-refractivity contribution in [3.8, 4) is 0 Å². The highest BCUT2D eigenvalue weighted by molar-refractivity contribution is 7.17. The highest BCUT2D eigenvalue weighted by Gasteiger charge is 2.16. The lowest BCUT2D eigenvalue weighted by Crippen LogP contribution is -2.23. The van der Waals surface area contributed by atoms with Gasteiger partial charge < -0.3 is 9.30 Å². The van der Waals surface area contributed by atoms with Gasteiger partial charge in [0.15, 0.2) is 4.80 Å². The topological polar surface area (TPSA) is 60.7 Å². The normalized spacial score (nSPS) is 11.9. The van der Waals surface area contributed by atoms with Crippen LogP contribution in [0.25, 0.3) is 10.2 Å². The molecular weight excluding hydrogens is 415 g/mol. The lowest BCUT2D eigenvalue weighted by molar-refractivity contribution is -0.143. The molecule has 26 heavy (non-hydrogen) atoms. The van der Waals surface area contributed by atoms with Gasteiger partial charge in [0.05, 0.1) is 33.3 Å². The first-order valence-corrected chi connectivity index (χ1v) is 10.2. The number of carbonyl (C=O) groups excluding carboxylic acids is 2. The van der Waals surface area contributed by atoms with Crippen LogP contribution in [-0.2, 0) is 27.3 Å². The number of halogens is 2. The van der Waals surface area contributed by atoms with Crippen LogP contribution in [0.2, 0.25) is 10.0 Å². The summed E-state index contributed by atoms with van der Waals surface area (Å²) in [5, 5.41) is 2.82. The van der Waals surface area contributed by atoms with Crippen molar-refractivity contribution in [2.24, 2.45) is 4.99 Å². The first kappa shape index (κ1) is 19.1. The Morgan fingerprint density at radius 3 is 2.69 bits per heavy atom. The van der Waals surface area contributed by atoms with Crippen molar-refractivity contribution in [3.63, 3.8) is 0 Å². The van der Waals surface area contributed by atoms with E-state index >= 15 is 0 Å². The van der Waals surface area contributed by atoms with Gasteiger partial charge in [-0.2, -0.15) is 4.99 Å². The minimum atomic E-state index is -0.435. The maximum atomic E-state index is 12.3. The fraction of sp³-hybridized carbons (Fsp3) is 0.235. The zero-order valence-electron chi connectivity index (χ0n) is 13.7. The summed E-state index contributed by atoms with van der Waals surface area (Å²) < 4.78 is 7.28. The first-order valence-electron chi connectivity index (χ1n) is 7.72. The monoisotopic (exact) mass is 428 g/mol. The van der Waals surface area contributed by atoms with Gasteiger partial charge >= 0.3 is 5.97 Å². The van der Waals surface area contributed by atoms with E-state index in [1.165, 1.54) is 22.7 Å². The molecule has 0 saturated heterocycles.